The van der Waals surface area contributed by atoms with Crippen LogP contribution in [-0.2, 0) is 4.79 Å². The van der Waals surface area contributed by atoms with E-state index in [1.54, 1.807) is 0 Å². The Morgan fingerprint density at radius 2 is 1.61 bits per heavy atom. The predicted octanol–water partition coefficient (Wildman–Crippen LogP) is 2.41. The van der Waals surface area contributed by atoms with Crippen molar-refractivity contribution < 1.29 is 4.79 Å². The summed E-state index contributed by atoms with van der Waals surface area (Å²) in [7, 11) is 0. The van der Waals surface area contributed by atoms with E-state index >= 15 is 0 Å². The molecule has 0 aromatic rings. The number of carbonyl (C=O) groups is 1. The van der Waals surface area contributed by atoms with Crippen LogP contribution in [-0.4, -0.2) is 54.3 Å². The summed E-state index contributed by atoms with van der Waals surface area (Å²) < 4.78 is 0. The molecule has 0 atom stereocenters. The molecule has 1 aliphatic rings. The fraction of sp³-hybridized carbons (Fsp3) is 0.933. The van der Waals surface area contributed by atoms with Crippen LogP contribution in [0.25, 0.3) is 0 Å². The molecule has 0 aromatic carbocycles. The van der Waals surface area contributed by atoms with Crippen molar-refractivity contribution in [1.29, 1.82) is 0 Å². The minimum atomic E-state index is 0.208. The number of ketones is 1. The molecule has 1 fully saturated rings. The van der Waals surface area contributed by atoms with Crippen LogP contribution in [0.2, 0.25) is 0 Å². The van der Waals surface area contributed by atoms with Gasteiger partial charge in [0.1, 0.15) is 5.78 Å². The number of hydrogen-bond acceptors (Lipinski definition) is 3. The van der Waals surface area contributed by atoms with E-state index in [-0.39, 0.29) is 5.92 Å². The van der Waals surface area contributed by atoms with Crippen molar-refractivity contribution in [1.82, 2.24) is 9.80 Å². The highest BCUT2D eigenvalue weighted by molar-refractivity contribution is 5.80. The Labute approximate surface area is 113 Å². The highest BCUT2D eigenvalue weighted by atomic mass is 16.1. The molecule has 0 spiro atoms. The van der Waals surface area contributed by atoms with E-state index in [1.165, 1.54) is 32.6 Å². The number of carbonyl (C=O) groups excluding carboxylic acids is 1. The average molecular weight is 254 g/mol. The third kappa shape index (κ3) is 5.49. The quantitative estimate of drug-likeness (QED) is 0.652. The van der Waals surface area contributed by atoms with E-state index in [2.05, 4.69) is 23.6 Å². The molecule has 106 valence electrons. The summed E-state index contributed by atoms with van der Waals surface area (Å²) >= 11 is 0. The van der Waals surface area contributed by atoms with Gasteiger partial charge in [-0.25, -0.2) is 0 Å². The molecule has 3 heteroatoms. The van der Waals surface area contributed by atoms with Crippen molar-refractivity contribution in [3.05, 3.63) is 0 Å². The molecule has 1 rings (SSSR count). The van der Waals surface area contributed by atoms with Crippen molar-refractivity contribution in [3.8, 4) is 0 Å². The molecule has 3 nitrogen and oxygen atoms in total. The summed E-state index contributed by atoms with van der Waals surface area (Å²) in [6.07, 6.45) is 2.99. The Hall–Kier alpha value is -0.410. The third-order valence-electron chi connectivity index (χ3n) is 3.93. The Morgan fingerprint density at radius 1 is 1.00 bits per heavy atom. The van der Waals surface area contributed by atoms with Crippen LogP contribution in [0.3, 0.4) is 0 Å². The van der Waals surface area contributed by atoms with Gasteiger partial charge in [-0.05, 0) is 33.2 Å². The lowest BCUT2D eigenvalue weighted by molar-refractivity contribution is -0.122. The van der Waals surface area contributed by atoms with E-state index in [0.717, 1.165) is 19.4 Å². The van der Waals surface area contributed by atoms with Gasteiger partial charge in [-0.3, -0.25) is 9.69 Å². The van der Waals surface area contributed by atoms with E-state index in [4.69, 9.17) is 0 Å². The zero-order valence-corrected chi connectivity index (χ0v) is 12.6. The summed E-state index contributed by atoms with van der Waals surface area (Å²) in [5.74, 6) is 0.624. The van der Waals surface area contributed by atoms with E-state index in [9.17, 15) is 4.79 Å². The molecule has 18 heavy (non-hydrogen) atoms. The van der Waals surface area contributed by atoms with Crippen molar-refractivity contribution >= 4 is 5.78 Å². The van der Waals surface area contributed by atoms with Crippen molar-refractivity contribution in [2.75, 3.05) is 32.7 Å². The van der Waals surface area contributed by atoms with Gasteiger partial charge < -0.3 is 4.90 Å². The molecule has 1 aliphatic heterocycles. The van der Waals surface area contributed by atoms with Gasteiger partial charge in [0, 0.05) is 44.6 Å². The SMILES string of the molecule is CC(C)C(=O)CCCCN1CCN(C(C)C)CC1. The van der Waals surface area contributed by atoms with Crippen molar-refractivity contribution in [2.45, 2.75) is 53.0 Å². The van der Waals surface area contributed by atoms with Gasteiger partial charge in [-0.2, -0.15) is 0 Å². The maximum atomic E-state index is 11.5. The average Bonchev–Trinajstić information content (AvgIpc) is 2.34. The van der Waals surface area contributed by atoms with Gasteiger partial charge in [-0.1, -0.05) is 13.8 Å². The first-order chi connectivity index (χ1) is 8.50. The molecule has 0 aromatic heterocycles. The summed E-state index contributed by atoms with van der Waals surface area (Å²) in [4.78, 5) is 16.6. The van der Waals surface area contributed by atoms with Gasteiger partial charge >= 0.3 is 0 Å². The van der Waals surface area contributed by atoms with Crippen molar-refractivity contribution in [3.63, 3.8) is 0 Å². The number of nitrogens with zero attached hydrogens (tertiary/aromatic N) is 2. The second-order valence-electron chi connectivity index (χ2n) is 6.05. The van der Waals surface area contributed by atoms with Crippen LogP contribution < -0.4 is 0 Å². The molecule has 0 radical (unpaired) electrons. The van der Waals surface area contributed by atoms with E-state index in [0.29, 0.717) is 11.8 Å². The first-order valence-corrected chi connectivity index (χ1v) is 7.50. The Balaban J connectivity index is 2.06. The van der Waals surface area contributed by atoms with Gasteiger partial charge in [0.2, 0.25) is 0 Å². The van der Waals surface area contributed by atoms with Crippen LogP contribution in [0.15, 0.2) is 0 Å². The summed E-state index contributed by atoms with van der Waals surface area (Å²) in [6.45, 7) is 14.5. The van der Waals surface area contributed by atoms with Crippen LogP contribution in [0.5, 0.6) is 0 Å². The van der Waals surface area contributed by atoms with Gasteiger partial charge in [-0.15, -0.1) is 0 Å². The molecule has 0 saturated carbocycles. The number of piperazine rings is 1. The lowest BCUT2D eigenvalue weighted by Crippen LogP contribution is -2.48. The molecule has 1 saturated heterocycles. The highest BCUT2D eigenvalue weighted by Crippen LogP contribution is 2.09. The van der Waals surface area contributed by atoms with E-state index in [1.807, 2.05) is 13.8 Å². The normalized spacial score (nSPS) is 18.8. The minimum absolute atomic E-state index is 0.208. The second-order valence-corrected chi connectivity index (χ2v) is 6.05. The largest absolute Gasteiger partial charge is 0.301 e. The van der Waals surface area contributed by atoms with Gasteiger partial charge in [0.25, 0.3) is 0 Å². The molecular weight excluding hydrogens is 224 g/mol. The first kappa shape index (κ1) is 15.6. The standard InChI is InChI=1S/C15H30N2O/c1-13(2)15(18)7-5-6-8-16-9-11-17(12-10-16)14(3)4/h13-14H,5-12H2,1-4H3. The first-order valence-electron chi connectivity index (χ1n) is 7.50. The zero-order valence-electron chi connectivity index (χ0n) is 12.6. The Kier molecular flexibility index (Phi) is 6.87. The number of hydrogen-bond donors (Lipinski definition) is 0. The van der Waals surface area contributed by atoms with E-state index < -0.39 is 0 Å². The summed E-state index contributed by atoms with van der Waals surface area (Å²) in [5, 5.41) is 0. The number of unbranched alkanes of at least 4 members (excludes halogenated alkanes) is 1. The van der Waals surface area contributed by atoms with Gasteiger partial charge in [0.15, 0.2) is 0 Å². The maximum absolute atomic E-state index is 11.5. The molecule has 0 bridgehead atoms. The Morgan fingerprint density at radius 3 is 2.11 bits per heavy atom. The predicted molar refractivity (Wildman–Crippen MR) is 76.8 cm³/mol. The fourth-order valence-corrected chi connectivity index (χ4v) is 2.43. The molecular formula is C15H30N2O. The molecule has 0 unspecified atom stereocenters. The van der Waals surface area contributed by atoms with Crippen LogP contribution in [0, 0.1) is 5.92 Å². The van der Waals surface area contributed by atoms with Crippen LogP contribution in [0.1, 0.15) is 47.0 Å². The minimum Gasteiger partial charge on any atom is -0.301 e. The topological polar surface area (TPSA) is 23.6 Å². The summed E-state index contributed by atoms with van der Waals surface area (Å²) in [5.41, 5.74) is 0. The Bertz CT molecular complexity index is 243. The fourth-order valence-electron chi connectivity index (χ4n) is 2.43. The maximum Gasteiger partial charge on any atom is 0.135 e. The smallest absolute Gasteiger partial charge is 0.135 e. The van der Waals surface area contributed by atoms with Crippen molar-refractivity contribution in [2.24, 2.45) is 5.92 Å². The molecule has 0 N–H and O–H groups in total. The number of Topliss-reactive ketones (excluding diaryl/α,β-unsaturated/α-hetero) is 1. The van der Waals surface area contributed by atoms with Crippen LogP contribution in [0.4, 0.5) is 0 Å². The molecule has 0 aliphatic carbocycles. The van der Waals surface area contributed by atoms with Gasteiger partial charge in [0.05, 0.1) is 0 Å². The zero-order chi connectivity index (χ0) is 13.5. The van der Waals surface area contributed by atoms with Crippen LogP contribution >= 0.6 is 0 Å². The monoisotopic (exact) mass is 254 g/mol. The second kappa shape index (κ2) is 7.90. The lowest BCUT2D eigenvalue weighted by atomic mass is 10.0. The molecule has 0 amide bonds. The third-order valence-corrected chi connectivity index (χ3v) is 3.93. The summed E-state index contributed by atoms with van der Waals surface area (Å²) in [6, 6.07) is 0.677. The lowest BCUT2D eigenvalue weighted by Gasteiger charge is -2.36. The molecule has 1 heterocycles. The highest BCUT2D eigenvalue weighted by Gasteiger charge is 2.18. The number of rotatable bonds is 7.